The Morgan fingerprint density at radius 1 is 1.40 bits per heavy atom. The lowest BCUT2D eigenvalue weighted by molar-refractivity contribution is -0.384. The van der Waals surface area contributed by atoms with E-state index in [1.807, 2.05) is 0 Å². The second-order valence-electron chi connectivity index (χ2n) is 5.44. The standard InChI is InChI=1S/C13H16N4O3/c18-13(16-7-9-2-1-3-10(9)8-16)15-11-4-5-14-6-12(11)17(19)20/h4-6,9-10H,1-3,7-8H2,(H,14,15,18). The number of urea groups is 1. The van der Waals surface area contributed by atoms with Gasteiger partial charge in [0.25, 0.3) is 0 Å². The molecule has 1 N–H and O–H groups in total. The highest BCUT2D eigenvalue weighted by Gasteiger charge is 2.38. The predicted octanol–water partition coefficient (Wildman–Crippen LogP) is 2.25. The number of rotatable bonds is 2. The van der Waals surface area contributed by atoms with Crippen LogP contribution in [0.15, 0.2) is 18.5 Å². The first-order valence-electron chi connectivity index (χ1n) is 6.79. The van der Waals surface area contributed by atoms with E-state index in [1.54, 1.807) is 4.90 Å². The van der Waals surface area contributed by atoms with Gasteiger partial charge in [-0.1, -0.05) is 6.42 Å². The molecule has 7 heteroatoms. The number of anilines is 1. The Labute approximate surface area is 116 Å². The van der Waals surface area contributed by atoms with Crippen LogP contribution in [0.4, 0.5) is 16.2 Å². The molecular weight excluding hydrogens is 260 g/mol. The lowest BCUT2D eigenvalue weighted by Crippen LogP contribution is -2.33. The second kappa shape index (κ2) is 5.07. The molecule has 2 fully saturated rings. The van der Waals surface area contributed by atoms with Crippen LogP contribution in [0, 0.1) is 22.0 Å². The zero-order chi connectivity index (χ0) is 14.1. The lowest BCUT2D eigenvalue weighted by atomic mass is 10.0. The average molecular weight is 276 g/mol. The molecule has 2 heterocycles. The van der Waals surface area contributed by atoms with Crippen LogP contribution < -0.4 is 5.32 Å². The molecule has 1 aromatic heterocycles. The van der Waals surface area contributed by atoms with E-state index >= 15 is 0 Å². The summed E-state index contributed by atoms with van der Waals surface area (Å²) in [6.07, 6.45) is 6.20. The summed E-state index contributed by atoms with van der Waals surface area (Å²) < 4.78 is 0. The number of nitrogens with zero attached hydrogens (tertiary/aromatic N) is 3. The first-order valence-corrected chi connectivity index (χ1v) is 6.79. The Balaban J connectivity index is 1.69. The fraction of sp³-hybridized carbons (Fsp3) is 0.538. The molecule has 3 rings (SSSR count). The van der Waals surface area contributed by atoms with Crippen molar-refractivity contribution < 1.29 is 9.72 Å². The molecule has 106 valence electrons. The number of nitro groups is 1. The summed E-state index contributed by atoms with van der Waals surface area (Å²) in [4.78, 5) is 28.0. The van der Waals surface area contributed by atoms with Crippen molar-refractivity contribution in [1.29, 1.82) is 0 Å². The molecule has 2 amide bonds. The van der Waals surface area contributed by atoms with Gasteiger partial charge in [0.1, 0.15) is 11.9 Å². The van der Waals surface area contributed by atoms with Crippen molar-refractivity contribution >= 4 is 17.4 Å². The van der Waals surface area contributed by atoms with Crippen molar-refractivity contribution in [3.05, 3.63) is 28.6 Å². The van der Waals surface area contributed by atoms with Gasteiger partial charge in [0.05, 0.1) is 4.92 Å². The third kappa shape index (κ3) is 2.31. The molecule has 2 aliphatic rings. The van der Waals surface area contributed by atoms with Crippen LogP contribution >= 0.6 is 0 Å². The third-order valence-electron chi connectivity index (χ3n) is 4.25. The molecule has 2 unspecified atom stereocenters. The normalized spacial score (nSPS) is 24.5. The highest BCUT2D eigenvalue weighted by atomic mass is 16.6. The van der Waals surface area contributed by atoms with Gasteiger partial charge < -0.3 is 10.2 Å². The second-order valence-corrected chi connectivity index (χ2v) is 5.44. The van der Waals surface area contributed by atoms with Crippen LogP contribution in [0.2, 0.25) is 0 Å². The summed E-state index contributed by atoms with van der Waals surface area (Å²) in [6, 6.07) is 1.20. The van der Waals surface area contributed by atoms with Crippen LogP contribution in [-0.4, -0.2) is 33.9 Å². The fourth-order valence-corrected chi connectivity index (χ4v) is 3.23. The van der Waals surface area contributed by atoms with E-state index in [1.165, 1.54) is 31.5 Å². The smallest absolute Gasteiger partial charge is 0.322 e. The van der Waals surface area contributed by atoms with Crippen molar-refractivity contribution in [2.45, 2.75) is 19.3 Å². The van der Waals surface area contributed by atoms with Crippen LogP contribution in [-0.2, 0) is 0 Å². The van der Waals surface area contributed by atoms with E-state index in [0.717, 1.165) is 19.3 Å². The first-order chi connectivity index (χ1) is 9.65. The number of amides is 2. The maximum atomic E-state index is 12.2. The number of pyridine rings is 1. The maximum Gasteiger partial charge on any atom is 0.322 e. The molecule has 7 nitrogen and oxygen atoms in total. The molecule has 1 saturated heterocycles. The number of carbonyl (C=O) groups excluding carboxylic acids is 1. The zero-order valence-electron chi connectivity index (χ0n) is 11.0. The van der Waals surface area contributed by atoms with E-state index < -0.39 is 4.92 Å². The number of fused-ring (bicyclic) bond motifs is 1. The molecule has 2 atom stereocenters. The number of hydrogen-bond acceptors (Lipinski definition) is 4. The molecule has 0 aromatic carbocycles. The lowest BCUT2D eigenvalue weighted by Gasteiger charge is -2.17. The summed E-state index contributed by atoms with van der Waals surface area (Å²) >= 11 is 0. The maximum absolute atomic E-state index is 12.2. The van der Waals surface area contributed by atoms with E-state index in [4.69, 9.17) is 0 Å². The van der Waals surface area contributed by atoms with Crippen LogP contribution in [0.25, 0.3) is 0 Å². The Kier molecular flexibility index (Phi) is 3.25. The minimum absolute atomic E-state index is 0.180. The van der Waals surface area contributed by atoms with Crippen LogP contribution in [0.3, 0.4) is 0 Å². The van der Waals surface area contributed by atoms with Crippen molar-refractivity contribution in [3.63, 3.8) is 0 Å². The molecule has 0 radical (unpaired) electrons. The summed E-state index contributed by atoms with van der Waals surface area (Å²) in [6.45, 7) is 1.52. The molecule has 1 aromatic rings. The molecule has 0 spiro atoms. The highest BCUT2D eigenvalue weighted by molar-refractivity contribution is 5.91. The van der Waals surface area contributed by atoms with Gasteiger partial charge in [0, 0.05) is 19.3 Å². The van der Waals surface area contributed by atoms with E-state index in [9.17, 15) is 14.9 Å². The molecule has 1 aliphatic carbocycles. The van der Waals surface area contributed by atoms with E-state index in [-0.39, 0.29) is 17.4 Å². The Morgan fingerprint density at radius 2 is 2.10 bits per heavy atom. The fourth-order valence-electron chi connectivity index (χ4n) is 3.23. The summed E-state index contributed by atoms with van der Waals surface area (Å²) in [5, 5.41) is 13.5. The molecule has 20 heavy (non-hydrogen) atoms. The van der Waals surface area contributed by atoms with Crippen molar-refractivity contribution in [2.24, 2.45) is 11.8 Å². The van der Waals surface area contributed by atoms with Crippen LogP contribution in [0.1, 0.15) is 19.3 Å². The quantitative estimate of drug-likeness (QED) is 0.662. The van der Waals surface area contributed by atoms with Gasteiger partial charge in [0.2, 0.25) is 0 Å². The largest absolute Gasteiger partial charge is 0.324 e. The number of nitrogens with one attached hydrogen (secondary N) is 1. The molecule has 0 bridgehead atoms. The van der Waals surface area contributed by atoms with Crippen molar-refractivity contribution in [2.75, 3.05) is 18.4 Å². The van der Waals surface area contributed by atoms with Gasteiger partial charge in [-0.3, -0.25) is 15.1 Å². The van der Waals surface area contributed by atoms with Crippen molar-refractivity contribution in [3.8, 4) is 0 Å². The van der Waals surface area contributed by atoms with Crippen molar-refractivity contribution in [1.82, 2.24) is 9.88 Å². The SMILES string of the molecule is O=C(Nc1ccncc1[N+](=O)[O-])N1CC2CCCC2C1. The van der Waals surface area contributed by atoms with Crippen LogP contribution in [0.5, 0.6) is 0 Å². The third-order valence-corrected chi connectivity index (χ3v) is 4.25. The topological polar surface area (TPSA) is 88.4 Å². The van der Waals surface area contributed by atoms with Gasteiger partial charge >= 0.3 is 11.7 Å². The van der Waals surface area contributed by atoms with Gasteiger partial charge in [-0.05, 0) is 30.7 Å². The number of hydrogen-bond donors (Lipinski definition) is 1. The minimum Gasteiger partial charge on any atom is -0.324 e. The number of likely N-dealkylation sites (tertiary alicyclic amines) is 1. The number of aromatic nitrogens is 1. The summed E-state index contributed by atoms with van der Waals surface area (Å²) in [5.74, 6) is 1.21. The van der Waals surface area contributed by atoms with Gasteiger partial charge in [0.15, 0.2) is 0 Å². The number of carbonyl (C=O) groups is 1. The Morgan fingerprint density at radius 3 is 2.75 bits per heavy atom. The van der Waals surface area contributed by atoms with E-state index in [0.29, 0.717) is 11.8 Å². The molecular formula is C13H16N4O3. The van der Waals surface area contributed by atoms with Gasteiger partial charge in [-0.25, -0.2) is 4.79 Å². The summed E-state index contributed by atoms with van der Waals surface area (Å²) in [7, 11) is 0. The monoisotopic (exact) mass is 276 g/mol. The minimum atomic E-state index is -0.540. The summed E-state index contributed by atoms with van der Waals surface area (Å²) in [5.41, 5.74) is 0.0206. The van der Waals surface area contributed by atoms with Gasteiger partial charge in [-0.2, -0.15) is 0 Å². The first kappa shape index (κ1) is 12.8. The zero-order valence-corrected chi connectivity index (χ0v) is 11.0. The van der Waals surface area contributed by atoms with E-state index in [2.05, 4.69) is 10.3 Å². The molecule has 1 aliphatic heterocycles. The molecule has 1 saturated carbocycles. The Hall–Kier alpha value is -2.18. The van der Waals surface area contributed by atoms with Gasteiger partial charge in [-0.15, -0.1) is 0 Å². The average Bonchev–Trinajstić information content (AvgIpc) is 2.99. The predicted molar refractivity (Wildman–Crippen MR) is 72.3 cm³/mol. The Bertz CT molecular complexity index is 536. The highest BCUT2D eigenvalue weighted by Crippen LogP contribution is 2.38.